The van der Waals surface area contributed by atoms with E-state index in [9.17, 15) is 36.0 Å². The Morgan fingerprint density at radius 1 is 1.12 bits per heavy atom. The summed E-state index contributed by atoms with van der Waals surface area (Å²) in [7, 11) is -2.82. The third kappa shape index (κ3) is 6.51. The Morgan fingerprint density at radius 2 is 1.85 bits per heavy atom. The van der Waals surface area contributed by atoms with Crippen molar-refractivity contribution in [1.29, 1.82) is 0 Å². The standard InChI is InChI=1S/C26H25F3N4O6S2/c1-4-5-10-41(37,38)31-22(34)14-39-17-8-6-15(2)18(12-17)24-19-11-16(7-9-20(19)40-30-24)33-23(35)13-21(26(27,28)29)32(3)25(33)36/h6-9,11-13H,4-5,10,14H2,1-3H3,(H,31,34). The van der Waals surface area contributed by atoms with Crippen molar-refractivity contribution in [2.45, 2.75) is 32.9 Å². The van der Waals surface area contributed by atoms with Crippen LogP contribution < -0.4 is 20.7 Å². The Kier molecular flexibility index (Phi) is 8.40. The quantitative estimate of drug-likeness (QED) is 0.306. The highest BCUT2D eigenvalue weighted by molar-refractivity contribution is 7.90. The van der Waals surface area contributed by atoms with Crippen molar-refractivity contribution >= 4 is 37.5 Å². The summed E-state index contributed by atoms with van der Waals surface area (Å²) in [6, 6.07) is 9.84. The van der Waals surface area contributed by atoms with Gasteiger partial charge in [-0.1, -0.05) is 19.4 Å². The number of amides is 1. The van der Waals surface area contributed by atoms with Crippen LogP contribution in [0.1, 0.15) is 31.0 Å². The van der Waals surface area contributed by atoms with Gasteiger partial charge < -0.3 is 4.74 Å². The Balaban J connectivity index is 1.67. The van der Waals surface area contributed by atoms with Gasteiger partial charge in [-0.2, -0.15) is 17.5 Å². The van der Waals surface area contributed by atoms with Gasteiger partial charge in [0.1, 0.15) is 11.4 Å². The molecule has 0 spiro atoms. The summed E-state index contributed by atoms with van der Waals surface area (Å²) in [5.74, 6) is -0.736. The third-order valence-corrected chi connectivity index (χ3v) is 8.38. The lowest BCUT2D eigenvalue weighted by Crippen LogP contribution is -2.40. The van der Waals surface area contributed by atoms with Gasteiger partial charge in [-0.05, 0) is 60.8 Å². The predicted molar refractivity (Wildman–Crippen MR) is 148 cm³/mol. The molecular weight excluding hydrogens is 585 g/mol. The fourth-order valence-electron chi connectivity index (χ4n) is 4.08. The molecule has 0 atom stereocenters. The van der Waals surface area contributed by atoms with Gasteiger partial charge in [0.2, 0.25) is 10.0 Å². The Labute approximate surface area is 236 Å². The molecule has 10 nitrogen and oxygen atoms in total. The molecule has 1 amide bonds. The van der Waals surface area contributed by atoms with E-state index in [1.165, 1.54) is 12.1 Å². The first-order chi connectivity index (χ1) is 19.2. The molecule has 4 rings (SSSR count). The van der Waals surface area contributed by atoms with Crippen molar-refractivity contribution in [3.8, 4) is 22.7 Å². The Morgan fingerprint density at radius 3 is 2.54 bits per heavy atom. The molecule has 0 aliphatic heterocycles. The number of benzene rings is 2. The molecular formula is C26H25F3N4O6S2. The van der Waals surface area contributed by atoms with Crippen molar-refractivity contribution in [2.24, 2.45) is 7.05 Å². The summed E-state index contributed by atoms with van der Waals surface area (Å²) in [4.78, 5) is 37.5. The van der Waals surface area contributed by atoms with Gasteiger partial charge in [-0.3, -0.25) is 18.9 Å². The van der Waals surface area contributed by atoms with Crippen LogP contribution in [0, 0.1) is 6.92 Å². The second kappa shape index (κ2) is 11.5. The number of nitrogens with one attached hydrogen (secondary N) is 1. The highest BCUT2D eigenvalue weighted by atomic mass is 32.2. The maximum Gasteiger partial charge on any atom is 0.431 e. The maximum absolute atomic E-state index is 13.3. The van der Waals surface area contributed by atoms with E-state index < -0.39 is 45.7 Å². The molecule has 0 bridgehead atoms. The number of ether oxygens (including phenoxy) is 1. The molecule has 0 aliphatic carbocycles. The number of unbranched alkanes of at least 4 members (excludes halogenated alkanes) is 1. The second-order valence-electron chi connectivity index (χ2n) is 9.22. The molecule has 0 aliphatic rings. The first-order valence-corrected chi connectivity index (χ1v) is 14.7. The normalized spacial score (nSPS) is 12.0. The second-order valence-corrected chi connectivity index (χ2v) is 11.9. The minimum Gasteiger partial charge on any atom is -0.484 e. The fourth-order valence-corrected chi connectivity index (χ4v) is 6.02. The number of halogens is 3. The zero-order valence-corrected chi connectivity index (χ0v) is 23.7. The highest BCUT2D eigenvalue weighted by Crippen LogP contribution is 2.35. The van der Waals surface area contributed by atoms with Crippen LogP contribution in [-0.2, 0) is 28.0 Å². The Bertz CT molecular complexity index is 1860. The molecule has 2 heterocycles. The van der Waals surface area contributed by atoms with Gasteiger partial charge in [0.25, 0.3) is 11.5 Å². The number of fused-ring (bicyclic) bond motifs is 1. The predicted octanol–water partition coefficient (Wildman–Crippen LogP) is 3.77. The van der Waals surface area contributed by atoms with Crippen LogP contribution in [0.15, 0.2) is 52.1 Å². The van der Waals surface area contributed by atoms with Crippen molar-refractivity contribution in [3.05, 3.63) is 74.6 Å². The molecule has 0 saturated carbocycles. The molecule has 4 aromatic rings. The number of aromatic nitrogens is 3. The zero-order chi connectivity index (χ0) is 30.1. The topological polar surface area (TPSA) is 129 Å². The number of hydrogen-bond acceptors (Lipinski definition) is 8. The molecule has 2 aromatic carbocycles. The first kappa shape index (κ1) is 30.0. The molecule has 0 radical (unpaired) electrons. The summed E-state index contributed by atoms with van der Waals surface area (Å²) >= 11 is 1.13. The molecule has 1 N–H and O–H groups in total. The van der Waals surface area contributed by atoms with E-state index in [4.69, 9.17) is 4.74 Å². The van der Waals surface area contributed by atoms with E-state index in [0.717, 1.165) is 24.1 Å². The Hall–Kier alpha value is -3.98. The number of hydrogen-bond donors (Lipinski definition) is 1. The summed E-state index contributed by atoms with van der Waals surface area (Å²) < 4.78 is 77.4. The van der Waals surface area contributed by atoms with Gasteiger partial charge in [-0.15, -0.1) is 0 Å². The number of nitrogens with zero attached hydrogens (tertiary/aromatic N) is 3. The number of carbonyl (C=O) groups is 1. The van der Waals surface area contributed by atoms with Crippen molar-refractivity contribution in [1.82, 2.24) is 18.2 Å². The van der Waals surface area contributed by atoms with E-state index in [-0.39, 0.29) is 17.2 Å². The summed E-state index contributed by atoms with van der Waals surface area (Å²) in [6.07, 6.45) is -3.81. The minimum absolute atomic E-state index is 0.0595. The molecule has 41 heavy (non-hydrogen) atoms. The monoisotopic (exact) mass is 610 g/mol. The van der Waals surface area contributed by atoms with E-state index in [0.29, 0.717) is 49.4 Å². The SMILES string of the molecule is CCCCS(=O)(=O)NC(=O)COc1ccc(C)c(-c2nsc3ccc(-n4c(=O)cc(C(F)(F)F)n(C)c4=O)cc23)c1. The van der Waals surface area contributed by atoms with E-state index in [2.05, 4.69) is 4.37 Å². The number of rotatable bonds is 9. The van der Waals surface area contributed by atoms with Crippen molar-refractivity contribution < 1.29 is 31.1 Å². The van der Waals surface area contributed by atoms with Crippen LogP contribution in [0.3, 0.4) is 0 Å². The lowest BCUT2D eigenvalue weighted by atomic mass is 10.0. The fraction of sp³-hybridized carbons (Fsp3) is 0.308. The van der Waals surface area contributed by atoms with Gasteiger partial charge in [-0.25, -0.2) is 17.8 Å². The average Bonchev–Trinajstić information content (AvgIpc) is 3.31. The van der Waals surface area contributed by atoms with Crippen LogP contribution in [-0.4, -0.2) is 40.2 Å². The van der Waals surface area contributed by atoms with E-state index in [1.807, 2.05) is 11.6 Å². The summed E-state index contributed by atoms with van der Waals surface area (Å²) in [5, 5.41) is 0.529. The first-order valence-electron chi connectivity index (χ1n) is 12.3. The van der Waals surface area contributed by atoms with E-state index in [1.54, 1.807) is 31.2 Å². The van der Waals surface area contributed by atoms with Gasteiger partial charge >= 0.3 is 11.9 Å². The van der Waals surface area contributed by atoms with Crippen LogP contribution >= 0.6 is 11.5 Å². The molecule has 0 saturated heterocycles. The molecule has 2 aromatic heterocycles. The number of aryl methyl sites for hydroxylation is 1. The molecule has 218 valence electrons. The van der Waals surface area contributed by atoms with Crippen LogP contribution in [0.2, 0.25) is 0 Å². The molecule has 0 fully saturated rings. The average molecular weight is 611 g/mol. The smallest absolute Gasteiger partial charge is 0.431 e. The largest absolute Gasteiger partial charge is 0.484 e. The lowest BCUT2D eigenvalue weighted by Gasteiger charge is -2.14. The maximum atomic E-state index is 13.3. The van der Waals surface area contributed by atoms with Crippen molar-refractivity contribution in [3.63, 3.8) is 0 Å². The van der Waals surface area contributed by atoms with Crippen LogP contribution in [0.4, 0.5) is 13.2 Å². The number of alkyl halides is 3. The van der Waals surface area contributed by atoms with Gasteiger partial charge in [0.05, 0.1) is 21.8 Å². The van der Waals surface area contributed by atoms with Crippen molar-refractivity contribution in [2.75, 3.05) is 12.4 Å². The summed E-state index contributed by atoms with van der Waals surface area (Å²) in [5.41, 5.74) is -1.77. The third-order valence-electron chi connectivity index (χ3n) is 6.19. The minimum atomic E-state index is -4.88. The van der Waals surface area contributed by atoms with Gasteiger partial charge in [0, 0.05) is 24.1 Å². The van der Waals surface area contributed by atoms with Crippen LogP contribution in [0.5, 0.6) is 5.75 Å². The molecule has 0 unspecified atom stereocenters. The highest BCUT2D eigenvalue weighted by Gasteiger charge is 2.35. The zero-order valence-electron chi connectivity index (χ0n) is 22.1. The number of sulfonamides is 1. The lowest BCUT2D eigenvalue weighted by molar-refractivity contribution is -0.144. The summed E-state index contributed by atoms with van der Waals surface area (Å²) in [6.45, 7) is 3.09. The molecule has 15 heteroatoms. The van der Waals surface area contributed by atoms with Gasteiger partial charge in [0.15, 0.2) is 6.61 Å². The number of carbonyl (C=O) groups excluding carboxylic acids is 1. The van der Waals surface area contributed by atoms with E-state index >= 15 is 0 Å². The van der Waals surface area contributed by atoms with Crippen LogP contribution in [0.25, 0.3) is 27.0 Å².